The molecule has 0 aromatic rings. The van der Waals surface area contributed by atoms with Crippen LogP contribution in [-0.2, 0) is 0 Å². The van der Waals surface area contributed by atoms with E-state index in [1.807, 2.05) is 7.05 Å². The molecule has 1 atom stereocenters. The van der Waals surface area contributed by atoms with Crippen LogP contribution >= 0.6 is 0 Å². The van der Waals surface area contributed by atoms with E-state index < -0.39 is 0 Å². The number of nitrogens with one attached hydrogen (secondary N) is 2. The van der Waals surface area contributed by atoms with Crippen LogP contribution in [0.1, 0.15) is 48.5 Å². The Morgan fingerprint density at radius 2 is 1.36 bits per heavy atom. The minimum Gasteiger partial charge on any atom is -0.316 e. The summed E-state index contributed by atoms with van der Waals surface area (Å²) in [5, 5.41) is 6.59. The van der Waals surface area contributed by atoms with Gasteiger partial charge in [-0.2, -0.15) is 0 Å². The minimum atomic E-state index is 0.241. The zero-order chi connectivity index (χ0) is 11.8. The Morgan fingerprint density at radius 3 is 1.57 bits per heavy atom. The first-order valence-electron chi connectivity index (χ1n) is 5.61. The van der Waals surface area contributed by atoms with Crippen LogP contribution in [-0.4, -0.2) is 25.2 Å². The summed E-state index contributed by atoms with van der Waals surface area (Å²) in [4.78, 5) is 0. The molecule has 0 fully saturated rings. The molecule has 0 radical (unpaired) electrons. The summed E-state index contributed by atoms with van der Waals surface area (Å²) in [5.41, 5.74) is 0.241. The summed E-state index contributed by atoms with van der Waals surface area (Å²) in [6, 6.07) is 0.555. The van der Waals surface area contributed by atoms with E-state index in [1.54, 1.807) is 0 Å². The molecule has 0 spiro atoms. The van der Waals surface area contributed by atoms with Gasteiger partial charge in [0.1, 0.15) is 0 Å². The average Bonchev–Trinajstić information content (AvgIpc) is 1.97. The van der Waals surface area contributed by atoms with Gasteiger partial charge in [-0.1, -0.05) is 20.8 Å². The van der Waals surface area contributed by atoms with E-state index in [4.69, 9.17) is 0 Å². The van der Waals surface area contributed by atoms with Crippen LogP contribution in [0.4, 0.5) is 0 Å². The van der Waals surface area contributed by atoms with E-state index in [0.29, 0.717) is 6.04 Å². The molecule has 0 aliphatic rings. The van der Waals surface area contributed by atoms with E-state index in [-0.39, 0.29) is 5.54 Å². The third-order valence-corrected chi connectivity index (χ3v) is 1.43. The Morgan fingerprint density at radius 1 is 1.00 bits per heavy atom. The molecule has 88 valence electrons. The molecule has 0 aromatic carbocycles. The molecule has 0 amide bonds. The van der Waals surface area contributed by atoms with Crippen LogP contribution in [0.5, 0.6) is 0 Å². The fourth-order valence-corrected chi connectivity index (χ4v) is 0.561. The van der Waals surface area contributed by atoms with Crippen molar-refractivity contribution in [1.82, 2.24) is 10.6 Å². The summed E-state index contributed by atoms with van der Waals surface area (Å²) in [6.07, 6.45) is 0. The number of rotatable bonds is 3. The van der Waals surface area contributed by atoms with Crippen LogP contribution in [0.2, 0.25) is 0 Å². The topological polar surface area (TPSA) is 24.1 Å². The highest BCUT2D eigenvalue weighted by molar-refractivity contribution is 4.73. The van der Waals surface area contributed by atoms with Crippen LogP contribution in [0.25, 0.3) is 0 Å². The maximum absolute atomic E-state index is 3.41. The third-order valence-electron chi connectivity index (χ3n) is 1.43. The molecular weight excluding hydrogens is 172 g/mol. The van der Waals surface area contributed by atoms with Crippen molar-refractivity contribution < 1.29 is 0 Å². The molecule has 0 heterocycles. The van der Waals surface area contributed by atoms with Crippen LogP contribution in [0, 0.1) is 5.92 Å². The predicted octanol–water partition coefficient (Wildman–Crippen LogP) is 2.64. The molecule has 1 unspecified atom stereocenters. The second-order valence-corrected chi connectivity index (χ2v) is 5.55. The van der Waals surface area contributed by atoms with Gasteiger partial charge in [-0.15, -0.1) is 0 Å². The highest BCUT2D eigenvalue weighted by Gasteiger charge is 2.09. The Balaban J connectivity index is 0. The van der Waals surface area contributed by atoms with Gasteiger partial charge in [0.05, 0.1) is 0 Å². The molecule has 0 rings (SSSR count). The first kappa shape index (κ1) is 16.4. The van der Waals surface area contributed by atoms with E-state index in [2.05, 4.69) is 59.1 Å². The molecule has 14 heavy (non-hydrogen) atoms. The molecule has 2 nitrogen and oxygen atoms in total. The van der Waals surface area contributed by atoms with Crippen molar-refractivity contribution in [2.75, 3.05) is 13.6 Å². The molecule has 0 aliphatic carbocycles. The molecular formula is C12H30N2. The second-order valence-electron chi connectivity index (χ2n) is 5.55. The number of hydrogen-bond acceptors (Lipinski definition) is 2. The second kappa shape index (κ2) is 8.25. The van der Waals surface area contributed by atoms with E-state index in [1.165, 1.54) is 0 Å². The molecule has 0 bridgehead atoms. The molecule has 0 aromatic heterocycles. The van der Waals surface area contributed by atoms with Crippen molar-refractivity contribution in [3.63, 3.8) is 0 Å². The fourth-order valence-electron chi connectivity index (χ4n) is 0.561. The first-order valence-corrected chi connectivity index (χ1v) is 5.61. The van der Waals surface area contributed by atoms with Gasteiger partial charge in [-0.3, -0.25) is 0 Å². The zero-order valence-corrected chi connectivity index (χ0v) is 11.4. The van der Waals surface area contributed by atoms with Crippen molar-refractivity contribution in [1.29, 1.82) is 0 Å². The van der Waals surface area contributed by atoms with Crippen molar-refractivity contribution in [3.8, 4) is 0 Å². The van der Waals surface area contributed by atoms with Gasteiger partial charge in [0.25, 0.3) is 0 Å². The van der Waals surface area contributed by atoms with E-state index >= 15 is 0 Å². The average molecular weight is 202 g/mol. The lowest BCUT2D eigenvalue weighted by molar-refractivity contribution is 0.397. The molecule has 2 heteroatoms. The Labute approximate surface area is 90.9 Å². The van der Waals surface area contributed by atoms with Gasteiger partial charge in [-0.05, 0) is 40.7 Å². The smallest absolute Gasteiger partial charge is 0.0161 e. The summed E-state index contributed by atoms with van der Waals surface area (Å²) in [5.74, 6) is 0.833. The van der Waals surface area contributed by atoms with Crippen molar-refractivity contribution in [2.24, 2.45) is 5.92 Å². The molecule has 0 saturated carbocycles. The van der Waals surface area contributed by atoms with Crippen molar-refractivity contribution in [3.05, 3.63) is 0 Å². The van der Waals surface area contributed by atoms with Crippen LogP contribution < -0.4 is 10.6 Å². The summed E-state index contributed by atoms with van der Waals surface area (Å²) in [6.45, 7) is 16.2. The lowest BCUT2D eigenvalue weighted by Gasteiger charge is -2.23. The van der Waals surface area contributed by atoms with E-state index in [0.717, 1.165) is 12.5 Å². The largest absolute Gasteiger partial charge is 0.316 e. The maximum Gasteiger partial charge on any atom is 0.0161 e. The lowest BCUT2D eigenvalue weighted by atomic mass is 10.1. The van der Waals surface area contributed by atoms with Crippen LogP contribution in [0.3, 0.4) is 0 Å². The normalized spacial score (nSPS) is 13.5. The fraction of sp³-hybridized carbons (Fsp3) is 1.00. The maximum atomic E-state index is 3.41. The lowest BCUT2D eigenvalue weighted by Crippen LogP contribution is -2.43. The van der Waals surface area contributed by atoms with Crippen molar-refractivity contribution >= 4 is 0 Å². The third kappa shape index (κ3) is 22.7. The van der Waals surface area contributed by atoms with E-state index in [9.17, 15) is 0 Å². The highest BCUT2D eigenvalue weighted by Crippen LogP contribution is 1.97. The molecule has 2 N–H and O–H groups in total. The van der Waals surface area contributed by atoms with Gasteiger partial charge < -0.3 is 10.6 Å². The number of likely N-dealkylation sites (N-methyl/N-ethyl adjacent to an activating group) is 1. The monoisotopic (exact) mass is 202 g/mol. The van der Waals surface area contributed by atoms with Gasteiger partial charge in [-0.25, -0.2) is 0 Å². The zero-order valence-electron chi connectivity index (χ0n) is 11.4. The minimum absolute atomic E-state index is 0.241. The Hall–Kier alpha value is -0.0800. The Kier molecular flexibility index (Phi) is 9.63. The SMILES string of the molecule is CC(C)C.CNC(C)CNC(C)(C)C. The van der Waals surface area contributed by atoms with Gasteiger partial charge >= 0.3 is 0 Å². The summed E-state index contributed by atoms with van der Waals surface area (Å²) < 4.78 is 0. The summed E-state index contributed by atoms with van der Waals surface area (Å²) >= 11 is 0. The van der Waals surface area contributed by atoms with Crippen molar-refractivity contribution in [2.45, 2.75) is 60.0 Å². The van der Waals surface area contributed by atoms with Gasteiger partial charge in [0.15, 0.2) is 0 Å². The number of hydrogen-bond donors (Lipinski definition) is 2. The first-order chi connectivity index (χ1) is 6.19. The highest BCUT2D eigenvalue weighted by atomic mass is 15.0. The quantitative estimate of drug-likeness (QED) is 0.735. The molecule has 0 saturated heterocycles. The molecule has 0 aliphatic heterocycles. The predicted molar refractivity (Wildman–Crippen MR) is 66.8 cm³/mol. The van der Waals surface area contributed by atoms with Gasteiger partial charge in [0, 0.05) is 18.1 Å². The Bertz CT molecular complexity index is 111. The standard InChI is InChI=1S/C8H20N2.C4H10/c1-7(9-5)6-10-8(2,3)4;1-4(2)3/h7,9-10H,6H2,1-5H3;4H,1-3H3. The summed E-state index contributed by atoms with van der Waals surface area (Å²) in [7, 11) is 1.98. The van der Waals surface area contributed by atoms with Gasteiger partial charge in [0.2, 0.25) is 0 Å². The van der Waals surface area contributed by atoms with Crippen LogP contribution in [0.15, 0.2) is 0 Å².